The molecule has 1 aromatic heterocycles. The monoisotopic (exact) mass is 371 g/mol. The van der Waals surface area contributed by atoms with Crippen LogP contribution in [0.4, 0.5) is 0 Å². The van der Waals surface area contributed by atoms with Crippen molar-refractivity contribution in [2.75, 3.05) is 26.2 Å². The number of nitrogens with zero attached hydrogens (tertiary/aromatic N) is 3. The molecular formula is C21H29N3OS. The summed E-state index contributed by atoms with van der Waals surface area (Å²) in [7, 11) is 0. The van der Waals surface area contributed by atoms with E-state index in [1.54, 1.807) is 11.3 Å². The minimum absolute atomic E-state index is 0.110. The number of aromatic nitrogens is 1. The third-order valence-electron chi connectivity index (χ3n) is 4.75. The lowest BCUT2D eigenvalue weighted by molar-refractivity contribution is 0.0761. The second kappa shape index (κ2) is 7.89. The third-order valence-corrected chi connectivity index (χ3v) is 6.07. The van der Waals surface area contributed by atoms with Crippen molar-refractivity contribution in [1.82, 2.24) is 14.8 Å². The molecule has 1 aliphatic heterocycles. The van der Waals surface area contributed by atoms with Gasteiger partial charge in [-0.05, 0) is 25.5 Å². The largest absolute Gasteiger partial charge is 0.337 e. The van der Waals surface area contributed by atoms with E-state index in [-0.39, 0.29) is 11.3 Å². The Kier molecular flexibility index (Phi) is 5.78. The van der Waals surface area contributed by atoms with Crippen LogP contribution in [0.1, 0.15) is 53.8 Å². The van der Waals surface area contributed by atoms with Crippen molar-refractivity contribution in [2.45, 2.75) is 46.1 Å². The molecule has 0 spiro atoms. The van der Waals surface area contributed by atoms with Gasteiger partial charge in [-0.3, -0.25) is 9.69 Å². The second-order valence-corrected chi connectivity index (χ2v) is 9.04. The number of rotatable bonds is 3. The van der Waals surface area contributed by atoms with E-state index >= 15 is 0 Å². The van der Waals surface area contributed by atoms with Gasteiger partial charge in [-0.15, -0.1) is 11.3 Å². The maximum atomic E-state index is 12.7. The quantitative estimate of drug-likeness (QED) is 0.815. The lowest BCUT2D eigenvalue weighted by Crippen LogP contribution is -2.35. The Bertz CT molecular complexity index is 745. The van der Waals surface area contributed by atoms with E-state index in [1.807, 2.05) is 36.1 Å². The Morgan fingerprint density at radius 2 is 1.85 bits per heavy atom. The Hall–Kier alpha value is -1.72. The van der Waals surface area contributed by atoms with Crippen LogP contribution in [0.2, 0.25) is 0 Å². The zero-order chi connectivity index (χ0) is 18.7. The van der Waals surface area contributed by atoms with Gasteiger partial charge in [0.25, 0.3) is 5.91 Å². The summed E-state index contributed by atoms with van der Waals surface area (Å²) >= 11 is 1.75. The number of aryl methyl sites for hydroxylation is 1. The average Bonchev–Trinajstić information content (AvgIpc) is 2.94. The predicted molar refractivity (Wildman–Crippen MR) is 108 cm³/mol. The lowest BCUT2D eigenvalue weighted by Gasteiger charge is -2.22. The van der Waals surface area contributed by atoms with Crippen LogP contribution < -0.4 is 0 Å². The molecule has 0 radical (unpaired) electrons. The number of thiazole rings is 1. The Morgan fingerprint density at radius 1 is 1.12 bits per heavy atom. The normalized spacial score (nSPS) is 16.5. The SMILES string of the molecule is Cc1ccc(C(=O)N2CCCN(Cc3csc(C(C)(C)C)n3)CC2)cc1. The molecule has 26 heavy (non-hydrogen) atoms. The van der Waals surface area contributed by atoms with Gasteiger partial charge >= 0.3 is 0 Å². The molecule has 0 unspecified atom stereocenters. The number of amides is 1. The van der Waals surface area contributed by atoms with Gasteiger partial charge in [-0.2, -0.15) is 0 Å². The highest BCUT2D eigenvalue weighted by atomic mass is 32.1. The van der Waals surface area contributed by atoms with Gasteiger partial charge in [0.15, 0.2) is 0 Å². The Labute approximate surface area is 160 Å². The molecule has 2 heterocycles. The molecule has 0 bridgehead atoms. The minimum Gasteiger partial charge on any atom is -0.337 e. The number of benzene rings is 1. The van der Waals surface area contributed by atoms with Gasteiger partial charge in [0.1, 0.15) is 0 Å². The fraction of sp³-hybridized carbons (Fsp3) is 0.524. The van der Waals surface area contributed by atoms with Crippen LogP contribution in [0.15, 0.2) is 29.6 Å². The molecule has 4 nitrogen and oxygen atoms in total. The molecule has 1 fully saturated rings. The van der Waals surface area contributed by atoms with Crippen LogP contribution in [0.5, 0.6) is 0 Å². The highest BCUT2D eigenvalue weighted by Crippen LogP contribution is 2.26. The molecule has 0 atom stereocenters. The summed E-state index contributed by atoms with van der Waals surface area (Å²) in [6, 6.07) is 7.88. The van der Waals surface area contributed by atoms with Gasteiger partial charge in [-0.1, -0.05) is 38.5 Å². The topological polar surface area (TPSA) is 36.4 Å². The summed E-state index contributed by atoms with van der Waals surface area (Å²) in [5.41, 5.74) is 3.23. The summed E-state index contributed by atoms with van der Waals surface area (Å²) in [4.78, 5) is 22.0. The fourth-order valence-electron chi connectivity index (χ4n) is 3.16. The molecule has 0 aliphatic carbocycles. The zero-order valence-electron chi connectivity index (χ0n) is 16.3. The molecule has 1 amide bonds. The molecule has 2 aromatic rings. The van der Waals surface area contributed by atoms with E-state index in [4.69, 9.17) is 4.98 Å². The van der Waals surface area contributed by atoms with Crippen LogP contribution in [0.3, 0.4) is 0 Å². The first kappa shape index (κ1) is 19.1. The minimum atomic E-state index is 0.110. The van der Waals surface area contributed by atoms with Crippen LogP contribution >= 0.6 is 11.3 Å². The second-order valence-electron chi connectivity index (χ2n) is 8.18. The van der Waals surface area contributed by atoms with Gasteiger partial charge in [-0.25, -0.2) is 4.98 Å². The lowest BCUT2D eigenvalue weighted by atomic mass is 9.98. The molecule has 1 saturated heterocycles. The molecular weight excluding hydrogens is 342 g/mol. The summed E-state index contributed by atoms with van der Waals surface area (Å²) in [5, 5.41) is 3.37. The number of carbonyl (C=O) groups excluding carboxylic acids is 1. The van der Waals surface area contributed by atoms with Crippen molar-refractivity contribution in [1.29, 1.82) is 0 Å². The van der Waals surface area contributed by atoms with E-state index in [2.05, 4.69) is 31.1 Å². The number of hydrogen-bond donors (Lipinski definition) is 0. The Balaban J connectivity index is 1.58. The Morgan fingerprint density at radius 3 is 2.50 bits per heavy atom. The highest BCUT2D eigenvalue weighted by Gasteiger charge is 2.22. The van der Waals surface area contributed by atoms with E-state index < -0.39 is 0 Å². The van der Waals surface area contributed by atoms with Gasteiger partial charge in [0.2, 0.25) is 0 Å². The van der Waals surface area contributed by atoms with Crippen molar-refractivity contribution < 1.29 is 4.79 Å². The molecule has 1 aromatic carbocycles. The van der Waals surface area contributed by atoms with Crippen LogP contribution in [0.25, 0.3) is 0 Å². The number of carbonyl (C=O) groups is 1. The molecule has 0 N–H and O–H groups in total. The van der Waals surface area contributed by atoms with Crippen molar-refractivity contribution in [3.8, 4) is 0 Å². The van der Waals surface area contributed by atoms with Crippen molar-refractivity contribution in [3.63, 3.8) is 0 Å². The standard InChI is InChI=1S/C21H29N3OS/c1-16-6-8-17(9-7-16)19(25)24-11-5-10-23(12-13-24)14-18-15-26-20(22-18)21(2,3)4/h6-9,15H,5,10-14H2,1-4H3. The van der Waals surface area contributed by atoms with Crippen LogP contribution in [-0.2, 0) is 12.0 Å². The maximum Gasteiger partial charge on any atom is 0.253 e. The molecule has 0 saturated carbocycles. The van der Waals surface area contributed by atoms with Gasteiger partial charge in [0.05, 0.1) is 10.7 Å². The summed E-state index contributed by atoms with van der Waals surface area (Å²) in [6.45, 7) is 13.1. The predicted octanol–water partition coefficient (Wildman–Crippen LogP) is 4.10. The molecule has 1 aliphatic rings. The number of hydrogen-bond acceptors (Lipinski definition) is 4. The van der Waals surface area contributed by atoms with E-state index in [9.17, 15) is 4.79 Å². The molecule has 140 valence electrons. The maximum absolute atomic E-state index is 12.7. The average molecular weight is 372 g/mol. The molecule has 3 rings (SSSR count). The summed E-state index contributed by atoms with van der Waals surface area (Å²) < 4.78 is 0. The van der Waals surface area contributed by atoms with E-state index in [0.29, 0.717) is 0 Å². The summed E-state index contributed by atoms with van der Waals surface area (Å²) in [6.07, 6.45) is 1.01. The van der Waals surface area contributed by atoms with Crippen LogP contribution in [-0.4, -0.2) is 46.9 Å². The van der Waals surface area contributed by atoms with Crippen LogP contribution in [0, 0.1) is 6.92 Å². The highest BCUT2D eigenvalue weighted by molar-refractivity contribution is 7.09. The first-order valence-electron chi connectivity index (χ1n) is 9.36. The first-order chi connectivity index (χ1) is 12.3. The van der Waals surface area contributed by atoms with Crippen molar-refractivity contribution in [2.24, 2.45) is 0 Å². The van der Waals surface area contributed by atoms with Crippen molar-refractivity contribution in [3.05, 3.63) is 51.5 Å². The van der Waals surface area contributed by atoms with E-state index in [1.165, 1.54) is 10.6 Å². The molecule has 5 heteroatoms. The zero-order valence-corrected chi connectivity index (χ0v) is 17.1. The van der Waals surface area contributed by atoms with Gasteiger partial charge in [0, 0.05) is 49.1 Å². The van der Waals surface area contributed by atoms with Gasteiger partial charge < -0.3 is 4.90 Å². The van der Waals surface area contributed by atoms with Crippen molar-refractivity contribution >= 4 is 17.2 Å². The third kappa shape index (κ3) is 4.71. The van der Waals surface area contributed by atoms with E-state index in [0.717, 1.165) is 50.4 Å². The smallest absolute Gasteiger partial charge is 0.253 e. The fourth-order valence-corrected chi connectivity index (χ4v) is 4.06. The first-order valence-corrected chi connectivity index (χ1v) is 10.2. The summed E-state index contributed by atoms with van der Waals surface area (Å²) in [5.74, 6) is 0.149.